The zero-order valence-electron chi connectivity index (χ0n) is 14.9. The van der Waals surface area contributed by atoms with Gasteiger partial charge in [-0.2, -0.15) is 0 Å². The highest BCUT2D eigenvalue weighted by atomic mass is 16.5. The van der Waals surface area contributed by atoms with Gasteiger partial charge in [0.05, 0.1) is 5.52 Å². The minimum Gasteiger partial charge on any atom is -0.452 e. The highest BCUT2D eigenvalue weighted by Crippen LogP contribution is 2.17. The van der Waals surface area contributed by atoms with E-state index in [1.807, 2.05) is 30.3 Å². The van der Waals surface area contributed by atoms with Gasteiger partial charge in [-0.3, -0.25) is 15.1 Å². The van der Waals surface area contributed by atoms with Crippen LogP contribution in [0.15, 0.2) is 42.6 Å². The standard InChI is InChI=1S/C19H21N3O4/c1-19(2,3)22-18(25)21-15(23)12-26-16(24)10-9-14-7-4-6-13-8-5-11-20-17(13)14/h4-11H,12H2,1-3H3,(H2,21,22,23,25)/b10-9+. The van der Waals surface area contributed by atoms with Crippen LogP contribution in [0.25, 0.3) is 17.0 Å². The van der Waals surface area contributed by atoms with E-state index >= 15 is 0 Å². The van der Waals surface area contributed by atoms with Crippen molar-refractivity contribution in [3.63, 3.8) is 0 Å². The molecule has 0 fully saturated rings. The molecule has 2 rings (SSSR count). The van der Waals surface area contributed by atoms with Crippen LogP contribution >= 0.6 is 0 Å². The first-order chi connectivity index (χ1) is 12.2. The molecular formula is C19H21N3O4. The van der Waals surface area contributed by atoms with Gasteiger partial charge in [0.25, 0.3) is 5.91 Å². The molecule has 0 aliphatic heterocycles. The van der Waals surface area contributed by atoms with Gasteiger partial charge in [0.15, 0.2) is 6.61 Å². The van der Waals surface area contributed by atoms with E-state index in [2.05, 4.69) is 15.6 Å². The summed E-state index contributed by atoms with van der Waals surface area (Å²) in [5.74, 6) is -1.40. The molecule has 2 N–H and O–H groups in total. The number of carbonyl (C=O) groups is 3. The number of urea groups is 1. The lowest BCUT2D eigenvalue weighted by Gasteiger charge is -2.20. The van der Waals surface area contributed by atoms with Gasteiger partial charge in [0.2, 0.25) is 0 Å². The van der Waals surface area contributed by atoms with Crippen molar-refractivity contribution in [2.45, 2.75) is 26.3 Å². The van der Waals surface area contributed by atoms with Crippen molar-refractivity contribution >= 4 is 34.9 Å². The number of rotatable bonds is 4. The monoisotopic (exact) mass is 355 g/mol. The Hall–Kier alpha value is -3.22. The van der Waals surface area contributed by atoms with Gasteiger partial charge in [-0.05, 0) is 32.9 Å². The molecule has 0 bridgehead atoms. The first-order valence-corrected chi connectivity index (χ1v) is 8.05. The summed E-state index contributed by atoms with van der Waals surface area (Å²) in [6.45, 7) is 4.80. The Morgan fingerprint density at radius 3 is 2.62 bits per heavy atom. The van der Waals surface area contributed by atoms with Crippen molar-refractivity contribution in [2.24, 2.45) is 0 Å². The topological polar surface area (TPSA) is 97.4 Å². The second-order valence-corrected chi connectivity index (χ2v) is 6.62. The number of benzene rings is 1. The maximum Gasteiger partial charge on any atom is 0.331 e. The number of ether oxygens (including phenoxy) is 1. The number of hydrogen-bond donors (Lipinski definition) is 2. The molecule has 136 valence electrons. The van der Waals surface area contributed by atoms with Crippen LogP contribution in [0, 0.1) is 0 Å². The summed E-state index contributed by atoms with van der Waals surface area (Å²) in [5, 5.41) is 5.61. The number of aromatic nitrogens is 1. The van der Waals surface area contributed by atoms with Gasteiger partial charge >= 0.3 is 12.0 Å². The maximum atomic E-state index is 11.8. The molecule has 0 saturated carbocycles. The summed E-state index contributed by atoms with van der Waals surface area (Å²) in [6.07, 6.45) is 4.46. The molecule has 2 aromatic rings. The lowest BCUT2D eigenvalue weighted by molar-refractivity contribution is -0.143. The van der Waals surface area contributed by atoms with E-state index in [1.165, 1.54) is 6.08 Å². The Morgan fingerprint density at radius 1 is 1.15 bits per heavy atom. The van der Waals surface area contributed by atoms with Gasteiger partial charge in [0.1, 0.15) is 0 Å². The Bertz CT molecular complexity index is 848. The van der Waals surface area contributed by atoms with Crippen molar-refractivity contribution < 1.29 is 19.1 Å². The molecule has 0 saturated heterocycles. The summed E-state index contributed by atoms with van der Waals surface area (Å²) in [6, 6.07) is 8.71. The smallest absolute Gasteiger partial charge is 0.331 e. The number of imide groups is 1. The highest BCUT2D eigenvalue weighted by Gasteiger charge is 2.16. The first-order valence-electron chi connectivity index (χ1n) is 8.05. The first kappa shape index (κ1) is 19.1. The average Bonchev–Trinajstić information content (AvgIpc) is 2.56. The van der Waals surface area contributed by atoms with Crippen molar-refractivity contribution in [3.8, 4) is 0 Å². The van der Waals surface area contributed by atoms with E-state index < -0.39 is 30.1 Å². The molecule has 7 nitrogen and oxygen atoms in total. The molecular weight excluding hydrogens is 334 g/mol. The second kappa shape index (κ2) is 8.24. The van der Waals surface area contributed by atoms with Crippen LogP contribution in [0.4, 0.5) is 4.79 Å². The summed E-state index contributed by atoms with van der Waals surface area (Å²) >= 11 is 0. The van der Waals surface area contributed by atoms with Crippen LogP contribution in [0.3, 0.4) is 0 Å². The third-order valence-electron chi connectivity index (χ3n) is 3.15. The van der Waals surface area contributed by atoms with Crippen molar-refractivity contribution in [1.29, 1.82) is 0 Å². The molecule has 1 aromatic heterocycles. The predicted molar refractivity (Wildman–Crippen MR) is 98.2 cm³/mol. The van der Waals surface area contributed by atoms with E-state index in [1.54, 1.807) is 33.0 Å². The van der Waals surface area contributed by atoms with E-state index in [0.717, 1.165) is 16.5 Å². The van der Waals surface area contributed by atoms with Gasteiger partial charge < -0.3 is 10.1 Å². The third-order valence-corrected chi connectivity index (χ3v) is 3.15. The largest absolute Gasteiger partial charge is 0.452 e. The summed E-state index contributed by atoms with van der Waals surface area (Å²) < 4.78 is 4.83. The Labute approximate surface area is 151 Å². The number of amides is 3. The predicted octanol–water partition coefficient (Wildman–Crippen LogP) is 2.42. The molecule has 0 aliphatic carbocycles. The van der Waals surface area contributed by atoms with Gasteiger partial charge in [-0.15, -0.1) is 0 Å². The fourth-order valence-corrected chi connectivity index (χ4v) is 2.14. The van der Waals surface area contributed by atoms with Crippen LogP contribution in [0.5, 0.6) is 0 Å². The van der Waals surface area contributed by atoms with Crippen LogP contribution in [-0.2, 0) is 14.3 Å². The third kappa shape index (κ3) is 6.01. The van der Waals surface area contributed by atoms with E-state index in [0.29, 0.717) is 0 Å². The maximum absolute atomic E-state index is 11.8. The van der Waals surface area contributed by atoms with E-state index in [-0.39, 0.29) is 0 Å². The number of esters is 1. The Balaban J connectivity index is 1.87. The van der Waals surface area contributed by atoms with Crippen molar-refractivity contribution in [1.82, 2.24) is 15.6 Å². The second-order valence-electron chi connectivity index (χ2n) is 6.62. The highest BCUT2D eigenvalue weighted by molar-refractivity contribution is 5.97. The quantitative estimate of drug-likeness (QED) is 0.648. The Morgan fingerprint density at radius 2 is 1.88 bits per heavy atom. The molecule has 1 aromatic carbocycles. The molecule has 0 radical (unpaired) electrons. The van der Waals surface area contributed by atoms with Crippen LogP contribution < -0.4 is 10.6 Å². The summed E-state index contributed by atoms with van der Waals surface area (Å²) in [7, 11) is 0. The molecule has 0 atom stereocenters. The van der Waals surface area contributed by atoms with Crippen LogP contribution in [-0.4, -0.2) is 35.0 Å². The summed E-state index contributed by atoms with van der Waals surface area (Å²) in [5.41, 5.74) is 1.04. The number of carbonyl (C=O) groups excluding carboxylic acids is 3. The van der Waals surface area contributed by atoms with Gasteiger partial charge in [-0.25, -0.2) is 9.59 Å². The molecule has 0 spiro atoms. The normalized spacial score (nSPS) is 11.3. The molecule has 0 aliphatic rings. The van der Waals surface area contributed by atoms with Gasteiger partial charge in [0, 0.05) is 28.8 Å². The number of pyridine rings is 1. The molecule has 1 heterocycles. The number of fused-ring (bicyclic) bond motifs is 1. The average molecular weight is 355 g/mol. The van der Waals surface area contributed by atoms with Crippen LogP contribution in [0.2, 0.25) is 0 Å². The zero-order chi connectivity index (χ0) is 19.2. The number of hydrogen-bond acceptors (Lipinski definition) is 5. The van der Waals surface area contributed by atoms with E-state index in [9.17, 15) is 14.4 Å². The minimum atomic E-state index is -0.708. The lowest BCUT2D eigenvalue weighted by Crippen LogP contribution is -2.49. The van der Waals surface area contributed by atoms with Crippen molar-refractivity contribution in [3.05, 3.63) is 48.2 Å². The number of para-hydroxylation sites is 1. The number of nitrogens with one attached hydrogen (secondary N) is 2. The molecule has 3 amide bonds. The fourth-order valence-electron chi connectivity index (χ4n) is 2.14. The lowest BCUT2D eigenvalue weighted by atomic mass is 10.1. The molecule has 7 heteroatoms. The van der Waals surface area contributed by atoms with E-state index in [4.69, 9.17) is 4.74 Å². The van der Waals surface area contributed by atoms with Crippen molar-refractivity contribution in [2.75, 3.05) is 6.61 Å². The minimum absolute atomic E-state index is 0.476. The van der Waals surface area contributed by atoms with Crippen LogP contribution in [0.1, 0.15) is 26.3 Å². The molecule has 0 unspecified atom stereocenters. The SMILES string of the molecule is CC(C)(C)NC(=O)NC(=O)COC(=O)/C=C/c1cccc2cccnc12. The summed E-state index contributed by atoms with van der Waals surface area (Å²) in [4.78, 5) is 39.2. The fraction of sp³-hybridized carbons (Fsp3) is 0.263. The Kier molecular flexibility index (Phi) is 6.06. The molecule has 26 heavy (non-hydrogen) atoms. The van der Waals surface area contributed by atoms with Gasteiger partial charge in [-0.1, -0.05) is 24.3 Å². The number of nitrogens with zero attached hydrogens (tertiary/aromatic N) is 1. The zero-order valence-corrected chi connectivity index (χ0v) is 14.9.